The molecule has 3 aromatic rings. The molecule has 0 aliphatic rings. The number of esters is 1. The minimum absolute atomic E-state index is 0.298. The van der Waals surface area contributed by atoms with Crippen molar-refractivity contribution in [1.82, 2.24) is 4.57 Å². The molecule has 0 saturated heterocycles. The molecule has 138 valence electrons. The van der Waals surface area contributed by atoms with Crippen LogP contribution in [0.4, 0.5) is 0 Å². The van der Waals surface area contributed by atoms with Gasteiger partial charge < -0.3 is 9.30 Å². The van der Waals surface area contributed by atoms with Gasteiger partial charge in [-0.05, 0) is 44.2 Å². The van der Waals surface area contributed by atoms with Crippen LogP contribution in [0.25, 0.3) is 10.2 Å². The molecular weight excluding hydrogens is 360 g/mol. The fourth-order valence-corrected chi connectivity index (χ4v) is 3.81. The molecule has 0 saturated carbocycles. The zero-order valence-corrected chi connectivity index (χ0v) is 16.1. The molecule has 27 heavy (non-hydrogen) atoms. The molecule has 6 heteroatoms. The van der Waals surface area contributed by atoms with Crippen molar-refractivity contribution in [2.75, 3.05) is 6.61 Å². The second-order valence-electron chi connectivity index (χ2n) is 5.97. The molecule has 0 unspecified atom stereocenters. The number of thiazole rings is 1. The van der Waals surface area contributed by atoms with Gasteiger partial charge in [0.1, 0.15) is 0 Å². The molecule has 2 aromatic carbocycles. The zero-order chi connectivity index (χ0) is 19.4. The van der Waals surface area contributed by atoms with Crippen molar-refractivity contribution in [2.24, 2.45) is 4.99 Å². The van der Waals surface area contributed by atoms with Gasteiger partial charge in [-0.2, -0.15) is 4.99 Å². The number of ether oxygens (including phenoxy) is 1. The average Bonchev–Trinajstić information content (AvgIpc) is 2.98. The van der Waals surface area contributed by atoms with Crippen LogP contribution in [0, 0.1) is 6.92 Å². The highest BCUT2D eigenvalue weighted by Crippen LogP contribution is 2.20. The number of amides is 1. The molecular formula is C21H20N2O3S. The summed E-state index contributed by atoms with van der Waals surface area (Å²) in [7, 11) is 0. The summed E-state index contributed by atoms with van der Waals surface area (Å²) in [5, 5.41) is 0. The number of aromatic nitrogens is 1. The van der Waals surface area contributed by atoms with E-state index in [9.17, 15) is 9.59 Å². The Morgan fingerprint density at radius 3 is 2.74 bits per heavy atom. The Hall–Kier alpha value is -2.99. The van der Waals surface area contributed by atoms with Crippen molar-refractivity contribution in [2.45, 2.75) is 20.4 Å². The average molecular weight is 380 g/mol. The predicted octanol–water partition coefficient (Wildman–Crippen LogP) is 4.12. The summed E-state index contributed by atoms with van der Waals surface area (Å²) in [6.45, 7) is 8.33. The highest BCUT2D eigenvalue weighted by Gasteiger charge is 2.12. The lowest BCUT2D eigenvalue weighted by Crippen LogP contribution is -2.16. The van der Waals surface area contributed by atoms with E-state index < -0.39 is 0 Å². The first-order valence-corrected chi connectivity index (χ1v) is 9.42. The van der Waals surface area contributed by atoms with Crippen LogP contribution in [-0.2, 0) is 11.3 Å². The molecule has 0 fully saturated rings. The Balaban J connectivity index is 2.10. The minimum Gasteiger partial charge on any atom is -0.462 e. The first kappa shape index (κ1) is 18.8. The van der Waals surface area contributed by atoms with Gasteiger partial charge in [0.25, 0.3) is 5.91 Å². The topological polar surface area (TPSA) is 60.7 Å². The molecule has 0 bridgehead atoms. The van der Waals surface area contributed by atoms with Crippen molar-refractivity contribution in [3.8, 4) is 0 Å². The molecule has 0 aliphatic carbocycles. The minimum atomic E-state index is -0.364. The van der Waals surface area contributed by atoms with E-state index in [2.05, 4.69) is 11.6 Å². The van der Waals surface area contributed by atoms with Crippen LogP contribution in [0.2, 0.25) is 0 Å². The smallest absolute Gasteiger partial charge is 0.338 e. The molecule has 0 atom stereocenters. The highest BCUT2D eigenvalue weighted by atomic mass is 32.1. The molecule has 5 nitrogen and oxygen atoms in total. The summed E-state index contributed by atoms with van der Waals surface area (Å²) in [5.74, 6) is -0.661. The van der Waals surface area contributed by atoms with Gasteiger partial charge in [-0.15, -0.1) is 6.58 Å². The molecule has 1 aromatic heterocycles. The molecule has 0 aliphatic heterocycles. The molecule has 0 radical (unpaired) electrons. The third kappa shape index (κ3) is 4.06. The SMILES string of the molecule is C=CCn1c(=NC(=O)c2cccc(C)c2)sc2cc(C(=O)OCC)ccc21. The second kappa shape index (κ2) is 8.14. The van der Waals surface area contributed by atoms with E-state index in [1.165, 1.54) is 11.3 Å². The highest BCUT2D eigenvalue weighted by molar-refractivity contribution is 7.16. The van der Waals surface area contributed by atoms with Crippen LogP contribution in [0.1, 0.15) is 33.2 Å². The van der Waals surface area contributed by atoms with Crippen LogP contribution in [0.5, 0.6) is 0 Å². The van der Waals surface area contributed by atoms with Crippen LogP contribution in [0.3, 0.4) is 0 Å². The van der Waals surface area contributed by atoms with Crippen LogP contribution >= 0.6 is 11.3 Å². The number of benzene rings is 2. The Morgan fingerprint density at radius 2 is 2.04 bits per heavy atom. The summed E-state index contributed by atoms with van der Waals surface area (Å²) < 4.78 is 7.83. The van der Waals surface area contributed by atoms with Gasteiger partial charge in [-0.1, -0.05) is 35.1 Å². The number of hydrogen-bond acceptors (Lipinski definition) is 4. The quantitative estimate of drug-likeness (QED) is 0.494. The van der Waals surface area contributed by atoms with Gasteiger partial charge in [-0.3, -0.25) is 4.79 Å². The van der Waals surface area contributed by atoms with Crippen molar-refractivity contribution in [3.05, 3.63) is 76.6 Å². The predicted molar refractivity (Wildman–Crippen MR) is 107 cm³/mol. The van der Waals surface area contributed by atoms with Crippen molar-refractivity contribution in [1.29, 1.82) is 0 Å². The lowest BCUT2D eigenvalue weighted by molar-refractivity contribution is 0.0526. The first-order valence-electron chi connectivity index (χ1n) is 8.60. The molecule has 1 heterocycles. The molecule has 0 spiro atoms. The van der Waals surface area contributed by atoms with Crippen LogP contribution in [-0.4, -0.2) is 23.1 Å². The molecule has 1 amide bonds. The maximum Gasteiger partial charge on any atom is 0.338 e. The second-order valence-corrected chi connectivity index (χ2v) is 6.98. The lowest BCUT2D eigenvalue weighted by atomic mass is 10.1. The number of nitrogens with zero attached hydrogens (tertiary/aromatic N) is 2. The van der Waals surface area contributed by atoms with E-state index in [-0.39, 0.29) is 11.9 Å². The summed E-state index contributed by atoms with van der Waals surface area (Å²) in [6.07, 6.45) is 1.75. The number of aryl methyl sites for hydroxylation is 1. The van der Waals surface area contributed by atoms with Crippen LogP contribution < -0.4 is 4.80 Å². The van der Waals surface area contributed by atoms with Gasteiger partial charge in [0.05, 0.1) is 22.4 Å². The summed E-state index contributed by atoms with van der Waals surface area (Å²) in [5.41, 5.74) is 2.92. The van der Waals surface area contributed by atoms with E-state index in [1.54, 1.807) is 31.2 Å². The normalized spacial score (nSPS) is 11.6. The third-order valence-electron chi connectivity index (χ3n) is 3.97. The van der Waals surface area contributed by atoms with Gasteiger partial charge in [0.15, 0.2) is 4.80 Å². The zero-order valence-electron chi connectivity index (χ0n) is 15.3. The van der Waals surface area contributed by atoms with E-state index in [0.717, 1.165) is 15.8 Å². The fraction of sp³-hybridized carbons (Fsp3) is 0.190. The lowest BCUT2D eigenvalue weighted by Gasteiger charge is -2.03. The maximum atomic E-state index is 12.6. The Kier molecular flexibility index (Phi) is 5.66. The number of carbonyl (C=O) groups excluding carboxylic acids is 2. The Bertz CT molecular complexity index is 1090. The summed E-state index contributed by atoms with van der Waals surface area (Å²) >= 11 is 1.36. The monoisotopic (exact) mass is 380 g/mol. The maximum absolute atomic E-state index is 12.6. The van der Waals surface area contributed by atoms with E-state index in [0.29, 0.717) is 29.1 Å². The summed E-state index contributed by atoms with van der Waals surface area (Å²) in [6, 6.07) is 12.7. The number of rotatable bonds is 5. The van der Waals surface area contributed by atoms with Crippen molar-refractivity contribution >= 4 is 33.4 Å². The summed E-state index contributed by atoms with van der Waals surface area (Å²) in [4.78, 5) is 29.5. The van der Waals surface area contributed by atoms with E-state index >= 15 is 0 Å². The molecule has 3 rings (SSSR count). The fourth-order valence-electron chi connectivity index (χ4n) is 2.73. The van der Waals surface area contributed by atoms with E-state index in [4.69, 9.17) is 4.74 Å². The number of allylic oxidation sites excluding steroid dienone is 1. The number of carbonyl (C=O) groups is 2. The van der Waals surface area contributed by atoms with E-state index in [1.807, 2.05) is 35.8 Å². The molecule has 0 N–H and O–H groups in total. The Labute approximate surface area is 161 Å². The van der Waals surface area contributed by atoms with Gasteiger partial charge in [-0.25, -0.2) is 4.79 Å². The standard InChI is InChI=1S/C21H20N2O3S/c1-4-11-23-17-10-9-16(20(25)26-5-2)13-18(17)27-21(23)22-19(24)15-8-6-7-14(3)12-15/h4,6-10,12-13H,1,5,11H2,2-3H3. The largest absolute Gasteiger partial charge is 0.462 e. The third-order valence-corrected chi connectivity index (χ3v) is 5.01. The van der Waals surface area contributed by atoms with Gasteiger partial charge in [0, 0.05) is 12.1 Å². The number of fused-ring (bicyclic) bond motifs is 1. The Morgan fingerprint density at radius 1 is 1.22 bits per heavy atom. The first-order chi connectivity index (χ1) is 13.0. The van der Waals surface area contributed by atoms with Crippen LogP contribution in [0.15, 0.2) is 60.1 Å². The van der Waals surface area contributed by atoms with Crippen molar-refractivity contribution in [3.63, 3.8) is 0 Å². The van der Waals surface area contributed by atoms with Gasteiger partial charge in [0.2, 0.25) is 0 Å². The number of hydrogen-bond donors (Lipinski definition) is 0. The van der Waals surface area contributed by atoms with Gasteiger partial charge >= 0.3 is 5.97 Å². The van der Waals surface area contributed by atoms with Crippen molar-refractivity contribution < 1.29 is 14.3 Å².